The van der Waals surface area contributed by atoms with Gasteiger partial charge in [0, 0.05) is 25.4 Å². The fourth-order valence-electron chi connectivity index (χ4n) is 2.81. The van der Waals surface area contributed by atoms with Gasteiger partial charge in [-0.15, -0.1) is 0 Å². The molecule has 1 aromatic carbocycles. The molecule has 8 heteroatoms. The molecular formula is C18H27N3O5. The molecule has 1 aliphatic rings. The summed E-state index contributed by atoms with van der Waals surface area (Å²) in [5.41, 5.74) is 1.27. The molecule has 1 aliphatic heterocycles. The fraction of sp³-hybridized carbons (Fsp3) is 0.556. The number of urea groups is 1. The molecule has 1 fully saturated rings. The summed E-state index contributed by atoms with van der Waals surface area (Å²) < 4.78 is 10.6. The molecule has 3 N–H and O–H groups in total. The summed E-state index contributed by atoms with van der Waals surface area (Å²) >= 11 is 0. The highest BCUT2D eigenvalue weighted by atomic mass is 16.5. The number of morpholine rings is 1. The number of nitrogens with zero attached hydrogens (tertiary/aromatic N) is 1. The number of benzene rings is 1. The first kappa shape index (κ1) is 20.2. The minimum Gasteiger partial charge on any atom is -0.386 e. The minimum absolute atomic E-state index is 0.0186. The molecule has 1 heterocycles. The Morgan fingerprint density at radius 2 is 2.12 bits per heavy atom. The first-order chi connectivity index (χ1) is 12.6. The van der Waals surface area contributed by atoms with E-state index >= 15 is 0 Å². The lowest BCUT2D eigenvalue weighted by Crippen LogP contribution is -2.53. The topological polar surface area (TPSA) is 100 Å². The van der Waals surface area contributed by atoms with Crippen molar-refractivity contribution in [2.75, 3.05) is 44.8 Å². The molecule has 0 aliphatic carbocycles. The molecule has 0 saturated carbocycles. The average molecular weight is 365 g/mol. The van der Waals surface area contributed by atoms with E-state index in [1.165, 1.54) is 0 Å². The Labute approximate surface area is 153 Å². The summed E-state index contributed by atoms with van der Waals surface area (Å²) in [6.07, 6.45) is -0.889. The van der Waals surface area contributed by atoms with E-state index in [0.29, 0.717) is 37.6 Å². The van der Waals surface area contributed by atoms with E-state index in [0.717, 1.165) is 0 Å². The van der Waals surface area contributed by atoms with E-state index in [9.17, 15) is 14.7 Å². The summed E-state index contributed by atoms with van der Waals surface area (Å²) in [5, 5.41) is 16.1. The van der Waals surface area contributed by atoms with Crippen LogP contribution >= 0.6 is 0 Å². The molecular weight excluding hydrogens is 338 g/mol. The summed E-state index contributed by atoms with van der Waals surface area (Å²) in [7, 11) is 0. The number of rotatable bonds is 8. The molecule has 2 atom stereocenters. The summed E-state index contributed by atoms with van der Waals surface area (Å²) in [6, 6.07) is 6.12. The molecule has 0 aromatic heterocycles. The van der Waals surface area contributed by atoms with E-state index in [-0.39, 0.29) is 25.2 Å². The third kappa shape index (κ3) is 5.42. The van der Waals surface area contributed by atoms with Crippen molar-refractivity contribution in [2.45, 2.75) is 26.0 Å². The van der Waals surface area contributed by atoms with Crippen molar-refractivity contribution in [3.63, 3.8) is 0 Å². The van der Waals surface area contributed by atoms with Crippen molar-refractivity contribution in [3.8, 4) is 0 Å². The molecule has 2 unspecified atom stereocenters. The number of aliphatic hydroxyl groups is 1. The first-order valence-electron chi connectivity index (χ1n) is 8.84. The maximum absolute atomic E-state index is 12.2. The monoisotopic (exact) mass is 365 g/mol. The SMILES string of the molecule is CCNC(=O)Nc1ccc(C(O)C2COCC(=O)N2CCOCC)cc1. The van der Waals surface area contributed by atoms with Crippen LogP contribution in [0, 0.1) is 0 Å². The normalized spacial score (nSPS) is 18.5. The summed E-state index contributed by atoms with van der Waals surface area (Å²) in [6.45, 7) is 5.95. The molecule has 2 rings (SSSR count). The van der Waals surface area contributed by atoms with E-state index < -0.39 is 12.1 Å². The van der Waals surface area contributed by atoms with Gasteiger partial charge in [-0.3, -0.25) is 4.79 Å². The van der Waals surface area contributed by atoms with Gasteiger partial charge in [0.05, 0.1) is 19.3 Å². The zero-order valence-electron chi connectivity index (χ0n) is 15.2. The molecule has 1 saturated heterocycles. The quantitative estimate of drug-likeness (QED) is 0.600. The van der Waals surface area contributed by atoms with Gasteiger partial charge in [0.1, 0.15) is 12.7 Å². The largest absolute Gasteiger partial charge is 0.386 e. The van der Waals surface area contributed by atoms with Gasteiger partial charge in [-0.1, -0.05) is 12.1 Å². The highest BCUT2D eigenvalue weighted by Gasteiger charge is 2.34. The number of amides is 3. The number of hydrogen-bond acceptors (Lipinski definition) is 5. The maximum atomic E-state index is 12.2. The lowest BCUT2D eigenvalue weighted by atomic mass is 10.00. The molecule has 1 aromatic rings. The number of carbonyl (C=O) groups excluding carboxylic acids is 2. The van der Waals surface area contributed by atoms with Crippen LogP contribution in [0.5, 0.6) is 0 Å². The zero-order valence-corrected chi connectivity index (χ0v) is 15.2. The van der Waals surface area contributed by atoms with E-state index in [2.05, 4.69) is 10.6 Å². The second kappa shape index (κ2) is 10.1. The van der Waals surface area contributed by atoms with Crippen LogP contribution in [0.15, 0.2) is 24.3 Å². The van der Waals surface area contributed by atoms with Gasteiger partial charge in [-0.25, -0.2) is 4.79 Å². The number of nitrogens with one attached hydrogen (secondary N) is 2. The lowest BCUT2D eigenvalue weighted by Gasteiger charge is -2.38. The van der Waals surface area contributed by atoms with E-state index in [4.69, 9.17) is 9.47 Å². The van der Waals surface area contributed by atoms with Gasteiger partial charge < -0.3 is 30.1 Å². The molecule has 8 nitrogen and oxygen atoms in total. The molecule has 144 valence electrons. The molecule has 0 spiro atoms. The van der Waals surface area contributed by atoms with Crippen LogP contribution in [-0.2, 0) is 14.3 Å². The van der Waals surface area contributed by atoms with Crippen LogP contribution in [-0.4, -0.2) is 67.5 Å². The Morgan fingerprint density at radius 1 is 1.38 bits per heavy atom. The number of aliphatic hydroxyl groups excluding tert-OH is 1. The smallest absolute Gasteiger partial charge is 0.319 e. The zero-order chi connectivity index (χ0) is 18.9. The number of hydrogen-bond donors (Lipinski definition) is 3. The number of anilines is 1. The van der Waals surface area contributed by atoms with Crippen molar-refractivity contribution in [2.24, 2.45) is 0 Å². The standard InChI is InChI=1S/C18H27N3O5/c1-3-19-18(24)20-14-7-5-13(6-8-14)17(23)15-11-26-12-16(22)21(15)9-10-25-4-2/h5-8,15,17,23H,3-4,9-12H2,1-2H3,(H2,19,20,24). The Bertz CT molecular complexity index is 593. The van der Waals surface area contributed by atoms with Crippen LogP contribution in [0.3, 0.4) is 0 Å². The van der Waals surface area contributed by atoms with Gasteiger partial charge in [0.15, 0.2) is 0 Å². The van der Waals surface area contributed by atoms with Crippen molar-refractivity contribution < 1.29 is 24.2 Å². The lowest BCUT2D eigenvalue weighted by molar-refractivity contribution is -0.155. The molecule has 0 radical (unpaired) electrons. The maximum Gasteiger partial charge on any atom is 0.319 e. The predicted octanol–water partition coefficient (Wildman–Crippen LogP) is 1.13. The third-order valence-electron chi connectivity index (χ3n) is 4.13. The van der Waals surface area contributed by atoms with Crippen LogP contribution in [0.25, 0.3) is 0 Å². The molecule has 3 amide bonds. The Kier molecular flexibility index (Phi) is 7.83. The minimum atomic E-state index is -0.889. The van der Waals surface area contributed by atoms with Crippen LogP contribution in [0.2, 0.25) is 0 Å². The van der Waals surface area contributed by atoms with Crippen molar-refractivity contribution in [1.82, 2.24) is 10.2 Å². The van der Waals surface area contributed by atoms with Crippen molar-refractivity contribution in [3.05, 3.63) is 29.8 Å². The molecule has 26 heavy (non-hydrogen) atoms. The number of carbonyl (C=O) groups is 2. The Morgan fingerprint density at radius 3 is 2.77 bits per heavy atom. The third-order valence-corrected chi connectivity index (χ3v) is 4.13. The highest BCUT2D eigenvalue weighted by Crippen LogP contribution is 2.25. The van der Waals surface area contributed by atoms with E-state index in [1.54, 1.807) is 29.2 Å². The van der Waals surface area contributed by atoms with Gasteiger partial charge >= 0.3 is 6.03 Å². The summed E-state index contributed by atoms with van der Waals surface area (Å²) in [5.74, 6) is -0.158. The summed E-state index contributed by atoms with van der Waals surface area (Å²) in [4.78, 5) is 25.3. The van der Waals surface area contributed by atoms with Crippen LogP contribution in [0.1, 0.15) is 25.5 Å². The fourth-order valence-corrected chi connectivity index (χ4v) is 2.81. The number of ether oxygens (including phenoxy) is 2. The van der Waals surface area contributed by atoms with E-state index in [1.807, 2.05) is 13.8 Å². The second-order valence-corrected chi connectivity index (χ2v) is 5.92. The molecule has 0 bridgehead atoms. The van der Waals surface area contributed by atoms with Gasteiger partial charge in [0.25, 0.3) is 0 Å². The average Bonchev–Trinajstić information content (AvgIpc) is 2.63. The Balaban J connectivity index is 2.03. The Hall–Kier alpha value is -2.16. The van der Waals surface area contributed by atoms with Gasteiger partial charge in [-0.2, -0.15) is 0 Å². The van der Waals surface area contributed by atoms with Crippen LogP contribution < -0.4 is 10.6 Å². The van der Waals surface area contributed by atoms with Gasteiger partial charge in [0.2, 0.25) is 5.91 Å². The van der Waals surface area contributed by atoms with Crippen molar-refractivity contribution in [1.29, 1.82) is 0 Å². The van der Waals surface area contributed by atoms with Gasteiger partial charge in [-0.05, 0) is 31.5 Å². The predicted molar refractivity (Wildman–Crippen MR) is 96.9 cm³/mol. The first-order valence-corrected chi connectivity index (χ1v) is 8.84. The van der Waals surface area contributed by atoms with Crippen molar-refractivity contribution >= 4 is 17.6 Å². The second-order valence-electron chi connectivity index (χ2n) is 5.92. The highest BCUT2D eigenvalue weighted by molar-refractivity contribution is 5.89. The van der Waals surface area contributed by atoms with Crippen LogP contribution in [0.4, 0.5) is 10.5 Å².